The highest BCUT2D eigenvalue weighted by Crippen LogP contribution is 2.32. The zero-order valence-corrected chi connectivity index (χ0v) is 17.7. The van der Waals surface area contributed by atoms with E-state index in [2.05, 4.69) is 25.4 Å². The highest BCUT2D eigenvalue weighted by atomic mass is 32.2. The fourth-order valence-electron chi connectivity index (χ4n) is 3.14. The Balaban J connectivity index is 1.39. The van der Waals surface area contributed by atoms with Crippen molar-refractivity contribution in [3.63, 3.8) is 0 Å². The normalized spacial score (nSPS) is 11.9. The molecule has 0 unspecified atom stereocenters. The van der Waals surface area contributed by atoms with E-state index in [0.717, 1.165) is 23.9 Å². The summed E-state index contributed by atoms with van der Waals surface area (Å²) in [5, 5.41) is 14.8. The van der Waals surface area contributed by atoms with E-state index >= 15 is 0 Å². The van der Waals surface area contributed by atoms with Gasteiger partial charge < -0.3 is 4.52 Å². The molecule has 3 heterocycles. The van der Waals surface area contributed by atoms with Gasteiger partial charge in [0.1, 0.15) is 11.3 Å². The van der Waals surface area contributed by atoms with Crippen molar-refractivity contribution in [2.75, 3.05) is 0 Å². The van der Waals surface area contributed by atoms with Crippen molar-refractivity contribution >= 4 is 17.3 Å². The minimum absolute atomic E-state index is 0.0129. The number of thioether (sulfide) groups is 1. The summed E-state index contributed by atoms with van der Waals surface area (Å²) in [4.78, 5) is 16.3. The molecule has 13 heteroatoms. The first-order valence-electron chi connectivity index (χ1n) is 9.65. The molecule has 0 aliphatic rings. The number of fused-ring (bicyclic) bond motifs is 1. The summed E-state index contributed by atoms with van der Waals surface area (Å²) in [5.41, 5.74) is 0.173. The SMILES string of the molecule is O=c1[nH]nc(SCc2nc(-c3cccc(C(F)(F)F)c3)no2)n2nc(-c3ccc(F)cc3)cc12. The van der Waals surface area contributed by atoms with Gasteiger partial charge in [0.25, 0.3) is 5.56 Å². The summed E-state index contributed by atoms with van der Waals surface area (Å²) < 4.78 is 58.6. The third-order valence-electron chi connectivity index (χ3n) is 4.76. The molecular weight excluding hydrogens is 476 g/mol. The van der Waals surface area contributed by atoms with Crippen molar-refractivity contribution in [1.29, 1.82) is 0 Å². The van der Waals surface area contributed by atoms with Gasteiger partial charge in [-0.25, -0.2) is 14.0 Å². The summed E-state index contributed by atoms with van der Waals surface area (Å²) in [6.45, 7) is 0. The minimum Gasteiger partial charge on any atom is -0.338 e. The van der Waals surface area contributed by atoms with Crippen molar-refractivity contribution in [3.05, 3.63) is 82.2 Å². The molecule has 0 bridgehead atoms. The predicted octanol–water partition coefficient (Wildman–Crippen LogP) is 4.58. The summed E-state index contributed by atoms with van der Waals surface area (Å²) in [7, 11) is 0. The minimum atomic E-state index is -4.49. The van der Waals surface area contributed by atoms with E-state index in [1.54, 1.807) is 18.2 Å². The Kier molecular flexibility index (Phi) is 5.40. The van der Waals surface area contributed by atoms with Crippen LogP contribution >= 0.6 is 11.8 Å². The molecular formula is C21H12F4N6O2S. The molecule has 172 valence electrons. The van der Waals surface area contributed by atoms with Crippen LogP contribution in [0, 0.1) is 5.82 Å². The number of benzene rings is 2. The van der Waals surface area contributed by atoms with Gasteiger partial charge in [-0.15, -0.1) is 5.10 Å². The number of halogens is 4. The van der Waals surface area contributed by atoms with Crippen LogP contribution in [0.3, 0.4) is 0 Å². The Labute approximate surface area is 191 Å². The Morgan fingerprint density at radius 2 is 1.85 bits per heavy atom. The first-order chi connectivity index (χ1) is 16.3. The molecule has 5 aromatic rings. The molecule has 0 fully saturated rings. The third kappa shape index (κ3) is 4.29. The maximum absolute atomic E-state index is 13.2. The summed E-state index contributed by atoms with van der Waals surface area (Å²) in [6, 6.07) is 11.8. The molecule has 5 rings (SSSR count). The zero-order chi connectivity index (χ0) is 23.9. The lowest BCUT2D eigenvalue weighted by molar-refractivity contribution is -0.137. The molecule has 34 heavy (non-hydrogen) atoms. The van der Waals surface area contributed by atoms with Crippen LogP contribution in [-0.4, -0.2) is 30.0 Å². The molecule has 0 radical (unpaired) electrons. The van der Waals surface area contributed by atoms with E-state index < -0.39 is 23.1 Å². The average Bonchev–Trinajstić information content (AvgIpc) is 3.47. The van der Waals surface area contributed by atoms with Gasteiger partial charge in [0.2, 0.25) is 16.9 Å². The molecule has 0 aliphatic carbocycles. The Hall–Kier alpha value is -4.00. The Morgan fingerprint density at radius 3 is 2.62 bits per heavy atom. The van der Waals surface area contributed by atoms with Crippen LogP contribution in [0.25, 0.3) is 28.2 Å². The highest BCUT2D eigenvalue weighted by Gasteiger charge is 2.30. The van der Waals surface area contributed by atoms with Crippen molar-refractivity contribution < 1.29 is 22.1 Å². The highest BCUT2D eigenvalue weighted by molar-refractivity contribution is 7.98. The molecule has 3 aromatic heterocycles. The van der Waals surface area contributed by atoms with E-state index in [1.807, 2.05) is 0 Å². The predicted molar refractivity (Wildman–Crippen MR) is 113 cm³/mol. The van der Waals surface area contributed by atoms with Gasteiger partial charge in [-0.2, -0.15) is 23.3 Å². The van der Waals surface area contributed by atoms with E-state index in [-0.39, 0.29) is 28.5 Å². The molecule has 0 aliphatic heterocycles. The van der Waals surface area contributed by atoms with Crippen LogP contribution in [0.5, 0.6) is 0 Å². The van der Waals surface area contributed by atoms with Crippen LogP contribution in [0.1, 0.15) is 11.5 Å². The van der Waals surface area contributed by atoms with Gasteiger partial charge in [-0.05, 0) is 42.5 Å². The number of nitrogens with one attached hydrogen (secondary N) is 1. The van der Waals surface area contributed by atoms with E-state index in [9.17, 15) is 22.4 Å². The molecule has 0 amide bonds. The smallest absolute Gasteiger partial charge is 0.338 e. The first kappa shape index (κ1) is 21.8. The van der Waals surface area contributed by atoms with Crippen LogP contribution in [0.2, 0.25) is 0 Å². The molecule has 2 aromatic carbocycles. The number of aromatic amines is 1. The second kappa shape index (κ2) is 8.41. The second-order valence-electron chi connectivity index (χ2n) is 7.05. The quantitative estimate of drug-likeness (QED) is 0.285. The van der Waals surface area contributed by atoms with E-state index in [0.29, 0.717) is 16.4 Å². The molecule has 0 atom stereocenters. The van der Waals surface area contributed by atoms with Gasteiger partial charge in [0.05, 0.1) is 17.0 Å². The van der Waals surface area contributed by atoms with Crippen molar-refractivity contribution in [2.24, 2.45) is 0 Å². The molecule has 0 saturated heterocycles. The Bertz CT molecular complexity index is 1540. The second-order valence-corrected chi connectivity index (χ2v) is 7.99. The molecule has 0 spiro atoms. The zero-order valence-electron chi connectivity index (χ0n) is 16.9. The maximum atomic E-state index is 13.2. The number of nitrogens with zero attached hydrogens (tertiary/aromatic N) is 5. The Morgan fingerprint density at radius 1 is 1.06 bits per heavy atom. The number of aromatic nitrogens is 6. The lowest BCUT2D eigenvalue weighted by Crippen LogP contribution is -2.13. The van der Waals surface area contributed by atoms with Crippen LogP contribution in [0.4, 0.5) is 17.6 Å². The summed E-state index contributed by atoms with van der Waals surface area (Å²) in [5.74, 6) is -0.123. The third-order valence-corrected chi connectivity index (χ3v) is 5.67. The topological polar surface area (TPSA) is 102 Å². The van der Waals surface area contributed by atoms with E-state index in [1.165, 1.54) is 28.8 Å². The average molecular weight is 488 g/mol. The van der Waals surface area contributed by atoms with Crippen molar-refractivity contribution in [1.82, 2.24) is 30.0 Å². The molecule has 0 saturated carbocycles. The fraction of sp³-hybridized carbons (Fsp3) is 0.0952. The van der Waals surface area contributed by atoms with E-state index in [4.69, 9.17) is 4.52 Å². The van der Waals surface area contributed by atoms with Crippen molar-refractivity contribution in [2.45, 2.75) is 17.1 Å². The molecule has 1 N–H and O–H groups in total. The van der Waals surface area contributed by atoms with Crippen LogP contribution < -0.4 is 5.56 Å². The van der Waals surface area contributed by atoms with Gasteiger partial charge in [-0.3, -0.25) is 4.79 Å². The largest absolute Gasteiger partial charge is 0.416 e. The lowest BCUT2D eigenvalue weighted by Gasteiger charge is -2.06. The number of H-pyrrole nitrogens is 1. The van der Waals surface area contributed by atoms with Crippen LogP contribution in [-0.2, 0) is 11.9 Å². The van der Waals surface area contributed by atoms with Crippen LogP contribution in [0.15, 0.2) is 69.1 Å². The molecule has 8 nitrogen and oxygen atoms in total. The number of alkyl halides is 3. The summed E-state index contributed by atoms with van der Waals surface area (Å²) >= 11 is 1.12. The number of rotatable bonds is 5. The number of hydrogen-bond acceptors (Lipinski definition) is 7. The van der Waals surface area contributed by atoms with Gasteiger partial charge in [-0.1, -0.05) is 29.1 Å². The standard InChI is InChI=1S/C21H12F4N6O2S/c22-14-6-4-11(5-7-14)15-9-16-19(32)27-28-20(31(16)29-15)34-10-17-26-18(30-33-17)12-2-1-3-13(8-12)21(23,24)25/h1-9H,10H2,(H,27,32). The van der Waals surface area contributed by atoms with Gasteiger partial charge >= 0.3 is 6.18 Å². The first-order valence-corrected chi connectivity index (χ1v) is 10.6. The van der Waals surface area contributed by atoms with Gasteiger partial charge in [0.15, 0.2) is 0 Å². The lowest BCUT2D eigenvalue weighted by atomic mass is 10.1. The van der Waals surface area contributed by atoms with Gasteiger partial charge in [0, 0.05) is 11.1 Å². The number of hydrogen-bond donors (Lipinski definition) is 1. The fourth-order valence-corrected chi connectivity index (χ4v) is 3.88. The summed E-state index contributed by atoms with van der Waals surface area (Å²) in [6.07, 6.45) is -4.49. The van der Waals surface area contributed by atoms with Crippen molar-refractivity contribution in [3.8, 4) is 22.6 Å². The monoisotopic (exact) mass is 488 g/mol. The maximum Gasteiger partial charge on any atom is 0.416 e.